The maximum Gasteiger partial charge on any atom is 0.0425 e. The van der Waals surface area contributed by atoms with Gasteiger partial charge < -0.3 is 0 Å². The number of halogens is 7. The van der Waals surface area contributed by atoms with E-state index in [1.54, 1.807) is 28.4 Å². The van der Waals surface area contributed by atoms with Crippen LogP contribution in [0.2, 0.25) is 10.0 Å². The van der Waals surface area contributed by atoms with Gasteiger partial charge in [-0.05, 0) is 134 Å². The SMILES string of the molecule is ClI.Clc1ccc(C#Cc2ccccc2Br)c(-c2ccccc2)c1.Clc1ccc2c(I)c(-c3ccccc3Br)c3ccccc3c2c1.[2H]CC. The molecule has 0 N–H and O–H groups in total. The zero-order valence-corrected chi connectivity index (χ0v) is 35.9. The molecule has 0 fully saturated rings. The van der Waals surface area contributed by atoms with Crippen molar-refractivity contribution in [2.75, 3.05) is 0 Å². The summed E-state index contributed by atoms with van der Waals surface area (Å²) in [6.45, 7) is 2.29. The lowest BCUT2D eigenvalue weighted by atomic mass is 9.93. The monoisotopic (exact) mass is 1050 g/mol. The number of hydrogen-bond donors (Lipinski definition) is 0. The van der Waals surface area contributed by atoms with Gasteiger partial charge in [-0.2, -0.15) is 0 Å². The van der Waals surface area contributed by atoms with Crippen molar-refractivity contribution >= 4 is 130 Å². The molecule has 7 rings (SSSR count). The molecule has 0 atom stereocenters. The largest absolute Gasteiger partial charge is 0.0843 e. The lowest BCUT2D eigenvalue weighted by molar-refractivity contribution is 1.50. The topological polar surface area (TPSA) is 0 Å². The molecule has 246 valence electrons. The maximum absolute atomic E-state index is 6.24. The van der Waals surface area contributed by atoms with Crippen molar-refractivity contribution in [1.29, 1.82) is 0 Å². The quantitative estimate of drug-likeness (QED) is 0.0920. The molecule has 0 saturated heterocycles. The van der Waals surface area contributed by atoms with E-state index in [9.17, 15) is 0 Å². The Kier molecular flexibility index (Phi) is 15.6. The van der Waals surface area contributed by atoms with Gasteiger partial charge in [0.1, 0.15) is 0 Å². The van der Waals surface area contributed by atoms with Crippen molar-refractivity contribution in [3.05, 3.63) is 173 Å². The van der Waals surface area contributed by atoms with Crippen LogP contribution < -0.4 is 0 Å². The molecular weight excluding hydrogens is 1020 g/mol. The van der Waals surface area contributed by atoms with Gasteiger partial charge in [-0.3, -0.25) is 0 Å². The van der Waals surface area contributed by atoms with E-state index in [-0.39, 0.29) is 0 Å². The lowest BCUT2D eigenvalue weighted by Gasteiger charge is -2.15. The van der Waals surface area contributed by atoms with E-state index in [1.807, 2.05) is 72.8 Å². The van der Waals surface area contributed by atoms with Gasteiger partial charge in [0.05, 0.1) is 0 Å². The van der Waals surface area contributed by atoms with Crippen molar-refractivity contribution in [3.63, 3.8) is 0 Å². The average Bonchev–Trinajstić information content (AvgIpc) is 3.14. The highest BCUT2D eigenvalue weighted by Crippen LogP contribution is 2.42. The second kappa shape index (κ2) is 20.1. The van der Waals surface area contributed by atoms with Gasteiger partial charge in [-0.1, -0.05) is 156 Å². The molecule has 0 aliphatic rings. The van der Waals surface area contributed by atoms with Crippen molar-refractivity contribution < 1.29 is 1.37 Å². The fourth-order valence-electron chi connectivity index (χ4n) is 5.23. The molecule has 7 aromatic rings. The number of rotatable bonds is 2. The molecule has 0 spiro atoms. The highest BCUT2D eigenvalue weighted by atomic mass is 127. The zero-order chi connectivity index (χ0) is 36.0. The highest BCUT2D eigenvalue weighted by Gasteiger charge is 2.16. The zero-order valence-electron chi connectivity index (χ0n) is 27.1. The Labute approximate surface area is 348 Å². The number of fused-ring (bicyclic) bond motifs is 3. The fraction of sp³-hybridized carbons (Fsp3) is 0.0476. The van der Waals surface area contributed by atoms with Crippen molar-refractivity contribution in [1.82, 2.24) is 0 Å². The third kappa shape index (κ3) is 10.0. The molecule has 0 amide bonds. The summed E-state index contributed by atoms with van der Waals surface area (Å²) in [5.41, 5.74) is 6.57. The molecule has 0 bridgehead atoms. The molecule has 0 aliphatic heterocycles. The predicted octanol–water partition coefficient (Wildman–Crippen LogP) is 16.5. The highest BCUT2D eigenvalue weighted by molar-refractivity contribution is 14.1. The molecule has 49 heavy (non-hydrogen) atoms. The first-order valence-corrected chi connectivity index (χ1v) is 21.1. The van der Waals surface area contributed by atoms with E-state index in [2.05, 4.69) is 142 Å². The minimum Gasteiger partial charge on any atom is -0.0843 e. The summed E-state index contributed by atoms with van der Waals surface area (Å²) in [5.74, 6) is 6.48. The molecule has 7 heteroatoms. The molecule has 0 unspecified atom stereocenters. The van der Waals surface area contributed by atoms with E-state index in [1.165, 1.54) is 36.2 Å². The van der Waals surface area contributed by atoms with E-state index in [0.29, 0.717) is 11.9 Å². The third-order valence-electron chi connectivity index (χ3n) is 7.34. The average molecular weight is 1050 g/mol. The van der Waals surface area contributed by atoms with Crippen LogP contribution in [0.5, 0.6) is 0 Å². The van der Waals surface area contributed by atoms with Crippen LogP contribution in [0.3, 0.4) is 0 Å². The number of hydrogen-bond acceptors (Lipinski definition) is 0. The van der Waals surface area contributed by atoms with Crippen LogP contribution in [0.25, 0.3) is 43.8 Å². The Morgan fingerprint density at radius 2 is 1.10 bits per heavy atom. The molecule has 0 nitrogen and oxygen atoms in total. The summed E-state index contributed by atoms with van der Waals surface area (Å²) in [7, 11) is 4.61. The first-order valence-electron chi connectivity index (χ1n) is 15.6. The summed E-state index contributed by atoms with van der Waals surface area (Å²) in [6, 6.07) is 47.0. The van der Waals surface area contributed by atoms with Crippen LogP contribution in [0.1, 0.15) is 26.3 Å². The minimum absolute atomic E-state index is 0.500. The summed E-state index contributed by atoms with van der Waals surface area (Å²) in [4.78, 5) is 0. The van der Waals surface area contributed by atoms with Crippen LogP contribution in [0, 0.1) is 15.4 Å². The fourth-order valence-corrected chi connectivity index (χ4v) is 7.49. The van der Waals surface area contributed by atoms with Crippen LogP contribution in [-0.4, -0.2) is 0 Å². The third-order valence-corrected chi connectivity index (χ3v) is 10.3. The smallest absolute Gasteiger partial charge is 0.0425 e. The van der Waals surface area contributed by atoms with Gasteiger partial charge in [0.15, 0.2) is 0 Å². The first kappa shape index (κ1) is 38.1. The summed E-state index contributed by atoms with van der Waals surface area (Å²) >= 11 is 23.7. The summed E-state index contributed by atoms with van der Waals surface area (Å²) < 4.78 is 9.56. The normalized spacial score (nSPS) is 10.2. The van der Waals surface area contributed by atoms with Gasteiger partial charge >= 0.3 is 0 Å². The second-order valence-electron chi connectivity index (χ2n) is 10.2. The Morgan fingerprint density at radius 3 is 1.80 bits per heavy atom. The van der Waals surface area contributed by atoms with Crippen LogP contribution >= 0.6 is 108 Å². The predicted molar refractivity (Wildman–Crippen MR) is 241 cm³/mol. The van der Waals surface area contributed by atoms with Crippen LogP contribution in [-0.2, 0) is 0 Å². The summed E-state index contributed by atoms with van der Waals surface area (Å²) in [6.07, 6.45) is 0. The molecule has 0 aliphatic carbocycles. The Bertz CT molecular complexity index is 2270. The standard InChI is InChI=1S/C20H11BrClI.C20H12BrCl.C2H6.ClI/c21-18-8-4-3-7-16(18)19-14-6-2-1-5-13(14)17-11-12(22)9-10-15(17)20(19)23;21-20-9-5-4-8-17(20)11-10-16-12-13-18(22)14-19(16)15-6-2-1-3-7-15;2*1-2/h1-11H;1-9,12-14H;1-2H3;/i;;1D;. The maximum atomic E-state index is 6.24. The van der Waals surface area contributed by atoms with E-state index in [0.717, 1.165) is 36.2 Å². The Balaban J connectivity index is 0.000000200. The summed E-state index contributed by atoms with van der Waals surface area (Å²) in [5, 5.41) is 6.40. The van der Waals surface area contributed by atoms with Gasteiger partial charge in [-0.25, -0.2) is 0 Å². The molecule has 0 heterocycles. The Morgan fingerprint density at radius 1 is 0.551 bits per heavy atom. The van der Waals surface area contributed by atoms with Crippen LogP contribution in [0.15, 0.2) is 148 Å². The molecule has 0 radical (unpaired) electrons. The number of benzene rings is 7. The van der Waals surface area contributed by atoms with Gasteiger partial charge in [0, 0.05) is 62.1 Å². The van der Waals surface area contributed by atoms with E-state index >= 15 is 0 Å². The second-order valence-corrected chi connectivity index (χ2v) is 13.9. The van der Waals surface area contributed by atoms with Crippen molar-refractivity contribution in [3.8, 4) is 34.1 Å². The van der Waals surface area contributed by atoms with Crippen LogP contribution in [0.4, 0.5) is 0 Å². The van der Waals surface area contributed by atoms with Crippen molar-refractivity contribution in [2.45, 2.75) is 13.8 Å². The van der Waals surface area contributed by atoms with Gasteiger partial charge in [0.2, 0.25) is 0 Å². The first-order chi connectivity index (χ1) is 24.3. The molecule has 0 aromatic heterocycles. The van der Waals surface area contributed by atoms with Gasteiger partial charge in [-0.15, -0.1) is 0 Å². The van der Waals surface area contributed by atoms with Gasteiger partial charge in [0.25, 0.3) is 0 Å². The minimum atomic E-state index is 0.500. The van der Waals surface area contributed by atoms with Crippen molar-refractivity contribution in [2.24, 2.45) is 0 Å². The van der Waals surface area contributed by atoms with E-state index in [4.69, 9.17) is 24.6 Å². The molecule has 0 saturated carbocycles. The molecular formula is C42H29Br2Cl3I2. The van der Waals surface area contributed by atoms with E-state index < -0.39 is 0 Å². The lowest BCUT2D eigenvalue weighted by Crippen LogP contribution is -1.90. The molecule has 7 aromatic carbocycles. The Hall–Kier alpha value is -2.09.